The number of aliphatic hydroxyl groups excluding tert-OH is 1. The van der Waals surface area contributed by atoms with Gasteiger partial charge in [0.05, 0.1) is 13.2 Å². The molecular weight excluding hydrogens is 268 g/mol. The topological polar surface area (TPSA) is 55.8 Å². The average Bonchev–Trinajstić information content (AvgIpc) is 2.91. The molecule has 4 nitrogen and oxygen atoms in total. The second kappa shape index (κ2) is 6.37. The lowest BCUT2D eigenvalue weighted by atomic mass is 9.96. The van der Waals surface area contributed by atoms with Crippen molar-refractivity contribution in [1.29, 1.82) is 0 Å². The van der Waals surface area contributed by atoms with E-state index in [2.05, 4.69) is 0 Å². The van der Waals surface area contributed by atoms with Gasteiger partial charge in [-0.25, -0.2) is 4.79 Å². The molecule has 1 aliphatic rings. The zero-order valence-electron chi connectivity index (χ0n) is 10.8. The molecule has 1 aliphatic heterocycles. The molecule has 1 aromatic rings. The highest BCUT2D eigenvalue weighted by atomic mass is 35.5. The molecule has 5 heteroatoms. The molecular formula is C14H17ClO4. The van der Waals surface area contributed by atoms with Gasteiger partial charge in [0.15, 0.2) is 6.10 Å². The second-order valence-electron chi connectivity index (χ2n) is 4.50. The fourth-order valence-electron chi connectivity index (χ4n) is 2.18. The summed E-state index contributed by atoms with van der Waals surface area (Å²) in [5, 5.41) is 10.4. The quantitative estimate of drug-likeness (QED) is 0.863. The van der Waals surface area contributed by atoms with Gasteiger partial charge in [0.25, 0.3) is 0 Å². The predicted molar refractivity (Wildman–Crippen MR) is 71.2 cm³/mol. The lowest BCUT2D eigenvalue weighted by Crippen LogP contribution is -2.15. The molecule has 0 bridgehead atoms. The van der Waals surface area contributed by atoms with Gasteiger partial charge in [-0.1, -0.05) is 23.7 Å². The van der Waals surface area contributed by atoms with Crippen LogP contribution in [0, 0.1) is 0 Å². The van der Waals surface area contributed by atoms with Crippen LogP contribution in [0.5, 0.6) is 0 Å². The van der Waals surface area contributed by atoms with E-state index in [-0.39, 0.29) is 6.61 Å². The van der Waals surface area contributed by atoms with Gasteiger partial charge < -0.3 is 14.6 Å². The Balaban J connectivity index is 2.16. The number of hydrogen-bond acceptors (Lipinski definition) is 4. The van der Waals surface area contributed by atoms with Crippen LogP contribution >= 0.6 is 11.6 Å². The molecule has 1 N–H and O–H groups in total. The van der Waals surface area contributed by atoms with Gasteiger partial charge in [0.2, 0.25) is 0 Å². The molecule has 19 heavy (non-hydrogen) atoms. The number of ether oxygens (including phenoxy) is 2. The Morgan fingerprint density at radius 2 is 2.42 bits per heavy atom. The summed E-state index contributed by atoms with van der Waals surface area (Å²) in [6.07, 6.45) is -0.342. The summed E-state index contributed by atoms with van der Waals surface area (Å²) in [4.78, 5) is 11.5. The normalized spacial score (nSPS) is 20.3. The Hall–Kier alpha value is -1.10. The first-order valence-electron chi connectivity index (χ1n) is 6.35. The molecule has 2 unspecified atom stereocenters. The molecule has 0 aromatic heterocycles. The molecule has 104 valence electrons. The van der Waals surface area contributed by atoms with Crippen LogP contribution in [0.3, 0.4) is 0 Å². The first kappa shape index (κ1) is 14.3. The number of aliphatic hydroxyl groups is 1. The largest absolute Gasteiger partial charge is 0.464 e. The van der Waals surface area contributed by atoms with Gasteiger partial charge in [-0.3, -0.25) is 0 Å². The van der Waals surface area contributed by atoms with E-state index < -0.39 is 12.1 Å². The highest BCUT2D eigenvalue weighted by Crippen LogP contribution is 2.32. The second-order valence-corrected chi connectivity index (χ2v) is 4.90. The Morgan fingerprint density at radius 1 is 1.63 bits per heavy atom. The van der Waals surface area contributed by atoms with E-state index in [4.69, 9.17) is 21.1 Å². The number of carbonyl (C=O) groups is 1. The van der Waals surface area contributed by atoms with Crippen LogP contribution in [-0.2, 0) is 14.3 Å². The van der Waals surface area contributed by atoms with Gasteiger partial charge >= 0.3 is 5.97 Å². The maximum atomic E-state index is 11.5. The molecule has 0 aliphatic carbocycles. The van der Waals surface area contributed by atoms with E-state index in [1.54, 1.807) is 19.1 Å². The first-order chi connectivity index (χ1) is 9.13. The summed E-state index contributed by atoms with van der Waals surface area (Å²) in [5.74, 6) is -0.364. The summed E-state index contributed by atoms with van der Waals surface area (Å²) in [7, 11) is 0. The highest BCUT2D eigenvalue weighted by molar-refractivity contribution is 6.31. The Morgan fingerprint density at radius 3 is 3.00 bits per heavy atom. The highest BCUT2D eigenvalue weighted by Gasteiger charge is 2.23. The van der Waals surface area contributed by atoms with Crippen molar-refractivity contribution in [3.05, 3.63) is 34.3 Å². The van der Waals surface area contributed by atoms with Crippen LogP contribution < -0.4 is 0 Å². The lowest BCUT2D eigenvalue weighted by molar-refractivity contribution is -0.153. The minimum Gasteiger partial charge on any atom is -0.464 e. The van der Waals surface area contributed by atoms with Gasteiger partial charge in [0.1, 0.15) is 0 Å². The number of halogens is 1. The molecule has 0 saturated carbocycles. The molecule has 0 spiro atoms. The smallest absolute Gasteiger partial charge is 0.339 e. The van der Waals surface area contributed by atoms with Crippen LogP contribution in [0.2, 0.25) is 5.02 Å². The minimum atomic E-state index is -1.29. The third kappa shape index (κ3) is 3.26. The molecule has 1 saturated heterocycles. The SMILES string of the molecule is CCOC(=O)C(O)c1ccc(C2CCOC2)c(Cl)c1. The van der Waals surface area contributed by atoms with E-state index >= 15 is 0 Å². The number of carbonyl (C=O) groups excluding carboxylic acids is 1. The zero-order chi connectivity index (χ0) is 13.8. The van der Waals surface area contributed by atoms with E-state index in [0.717, 1.165) is 18.6 Å². The Bertz CT molecular complexity index is 455. The monoisotopic (exact) mass is 284 g/mol. The molecule has 2 rings (SSSR count). The maximum absolute atomic E-state index is 11.5. The van der Waals surface area contributed by atoms with Crippen LogP contribution in [0.25, 0.3) is 0 Å². The molecule has 2 atom stereocenters. The average molecular weight is 285 g/mol. The van der Waals surface area contributed by atoms with Crippen LogP contribution in [0.15, 0.2) is 18.2 Å². The summed E-state index contributed by atoms with van der Waals surface area (Å²) >= 11 is 6.22. The van der Waals surface area contributed by atoms with Crippen molar-refractivity contribution in [2.75, 3.05) is 19.8 Å². The van der Waals surface area contributed by atoms with Crippen molar-refractivity contribution in [1.82, 2.24) is 0 Å². The summed E-state index contributed by atoms with van der Waals surface area (Å²) in [5.41, 5.74) is 1.45. The van der Waals surface area contributed by atoms with Crippen molar-refractivity contribution in [3.8, 4) is 0 Å². The Labute approximate surface area is 117 Å². The van der Waals surface area contributed by atoms with Gasteiger partial charge in [-0.15, -0.1) is 0 Å². The van der Waals surface area contributed by atoms with Gasteiger partial charge in [-0.2, -0.15) is 0 Å². The fourth-order valence-corrected chi connectivity index (χ4v) is 2.52. The Kier molecular flexibility index (Phi) is 4.80. The van der Waals surface area contributed by atoms with Crippen molar-refractivity contribution >= 4 is 17.6 Å². The molecule has 1 aromatic carbocycles. The van der Waals surface area contributed by atoms with Crippen molar-refractivity contribution < 1.29 is 19.4 Å². The molecule has 0 amide bonds. The third-order valence-corrected chi connectivity index (χ3v) is 3.55. The third-order valence-electron chi connectivity index (χ3n) is 3.22. The number of benzene rings is 1. The number of hydrogen-bond donors (Lipinski definition) is 1. The van der Waals surface area contributed by atoms with Crippen LogP contribution in [0.4, 0.5) is 0 Å². The van der Waals surface area contributed by atoms with Crippen molar-refractivity contribution in [2.24, 2.45) is 0 Å². The fraction of sp³-hybridized carbons (Fsp3) is 0.500. The summed E-state index contributed by atoms with van der Waals surface area (Å²) in [6.45, 7) is 3.34. The van der Waals surface area contributed by atoms with Crippen LogP contribution in [0.1, 0.15) is 36.5 Å². The van der Waals surface area contributed by atoms with E-state index in [9.17, 15) is 9.90 Å². The molecule has 0 radical (unpaired) electrons. The summed E-state index contributed by atoms with van der Waals surface area (Å²) in [6, 6.07) is 5.18. The zero-order valence-corrected chi connectivity index (χ0v) is 11.5. The van der Waals surface area contributed by atoms with Gasteiger partial charge in [0, 0.05) is 17.5 Å². The van der Waals surface area contributed by atoms with E-state index in [0.29, 0.717) is 23.1 Å². The summed E-state index contributed by atoms with van der Waals surface area (Å²) < 4.78 is 10.1. The van der Waals surface area contributed by atoms with Crippen molar-refractivity contribution in [3.63, 3.8) is 0 Å². The van der Waals surface area contributed by atoms with Crippen molar-refractivity contribution in [2.45, 2.75) is 25.4 Å². The standard InChI is InChI=1S/C14H17ClO4/c1-2-19-14(17)13(16)9-3-4-11(12(15)7-9)10-5-6-18-8-10/h3-4,7,10,13,16H,2,5-6,8H2,1H3. The minimum absolute atomic E-state index is 0.237. The molecule has 1 heterocycles. The predicted octanol–water partition coefficient (Wildman–Crippen LogP) is 2.44. The number of esters is 1. The number of rotatable bonds is 4. The van der Waals surface area contributed by atoms with Gasteiger partial charge in [-0.05, 0) is 30.5 Å². The first-order valence-corrected chi connectivity index (χ1v) is 6.73. The maximum Gasteiger partial charge on any atom is 0.339 e. The van der Waals surface area contributed by atoms with E-state index in [1.807, 2.05) is 6.07 Å². The van der Waals surface area contributed by atoms with Crippen LogP contribution in [-0.4, -0.2) is 30.9 Å². The lowest BCUT2D eigenvalue weighted by Gasteiger charge is -2.14. The van der Waals surface area contributed by atoms with E-state index in [1.165, 1.54) is 0 Å². The molecule has 1 fully saturated rings.